The molecular formula is C12H8BrClN2O4. The third-order valence-corrected chi connectivity index (χ3v) is 3.51. The van der Waals surface area contributed by atoms with Crippen molar-refractivity contribution in [2.45, 2.75) is 6.04 Å². The minimum absolute atomic E-state index is 0.278. The Balaban J connectivity index is 2.70. The molecule has 1 unspecified atom stereocenters. The summed E-state index contributed by atoms with van der Waals surface area (Å²) < 4.78 is 0.280. The fourth-order valence-electron chi connectivity index (χ4n) is 1.66. The number of carbonyl (C=O) groups excluding carboxylic acids is 1. The van der Waals surface area contributed by atoms with E-state index in [4.69, 9.17) is 22.4 Å². The minimum Gasteiger partial charge on any atom is -0.505 e. The van der Waals surface area contributed by atoms with Crippen LogP contribution < -0.4 is 5.73 Å². The molecule has 0 radical (unpaired) electrons. The molecule has 1 aromatic heterocycles. The van der Waals surface area contributed by atoms with Gasteiger partial charge in [-0.15, -0.1) is 0 Å². The number of carboxylic acids is 1. The Labute approximate surface area is 126 Å². The van der Waals surface area contributed by atoms with Gasteiger partial charge < -0.3 is 15.9 Å². The molecule has 1 atom stereocenters. The number of carbonyl (C=O) groups is 2. The van der Waals surface area contributed by atoms with E-state index in [9.17, 15) is 14.7 Å². The van der Waals surface area contributed by atoms with Gasteiger partial charge in [0.2, 0.25) is 5.78 Å². The first-order valence-electron chi connectivity index (χ1n) is 5.33. The first-order chi connectivity index (χ1) is 9.32. The van der Waals surface area contributed by atoms with Gasteiger partial charge in [-0.1, -0.05) is 17.7 Å². The zero-order chi connectivity index (χ0) is 15.0. The van der Waals surface area contributed by atoms with E-state index in [1.807, 2.05) is 0 Å². The van der Waals surface area contributed by atoms with Gasteiger partial charge in [0.05, 0.1) is 0 Å². The average molecular weight is 360 g/mol. The molecule has 0 aliphatic carbocycles. The standard InChI is InChI=1S/C12H8BrClN2O4/c13-11-5-2-1-4(14)3-6(5)9(17)8(16-11)10(18)7(15)12(19)20/h1-3,7,17H,15H2,(H,19,20). The van der Waals surface area contributed by atoms with Crippen molar-refractivity contribution in [1.29, 1.82) is 0 Å². The van der Waals surface area contributed by atoms with Crippen molar-refractivity contribution in [2.75, 3.05) is 0 Å². The molecule has 0 bridgehead atoms. The molecule has 0 saturated heterocycles. The molecule has 0 amide bonds. The van der Waals surface area contributed by atoms with Gasteiger partial charge in [-0.3, -0.25) is 9.59 Å². The van der Waals surface area contributed by atoms with Gasteiger partial charge in [-0.05, 0) is 28.1 Å². The maximum absolute atomic E-state index is 11.9. The number of rotatable bonds is 3. The van der Waals surface area contributed by atoms with E-state index in [-0.39, 0.29) is 9.99 Å². The molecule has 4 N–H and O–H groups in total. The summed E-state index contributed by atoms with van der Waals surface area (Å²) >= 11 is 8.99. The van der Waals surface area contributed by atoms with Crippen LogP contribution in [0.3, 0.4) is 0 Å². The maximum Gasteiger partial charge on any atom is 0.328 e. The Morgan fingerprint density at radius 3 is 2.60 bits per heavy atom. The molecule has 20 heavy (non-hydrogen) atoms. The van der Waals surface area contributed by atoms with Gasteiger partial charge in [0, 0.05) is 15.8 Å². The lowest BCUT2D eigenvalue weighted by molar-refractivity contribution is -0.137. The van der Waals surface area contributed by atoms with E-state index >= 15 is 0 Å². The molecule has 1 heterocycles. The highest BCUT2D eigenvalue weighted by atomic mass is 79.9. The number of pyridine rings is 1. The van der Waals surface area contributed by atoms with Crippen LogP contribution in [0.25, 0.3) is 10.8 Å². The number of nitrogens with zero attached hydrogens (tertiary/aromatic N) is 1. The van der Waals surface area contributed by atoms with E-state index in [2.05, 4.69) is 20.9 Å². The molecule has 0 aliphatic heterocycles. The summed E-state index contributed by atoms with van der Waals surface area (Å²) in [5.41, 5.74) is 4.83. The number of carboxylic acid groups (broad SMARTS) is 1. The first kappa shape index (κ1) is 14.7. The fourth-order valence-corrected chi connectivity index (χ4v) is 2.36. The highest BCUT2D eigenvalue weighted by Crippen LogP contribution is 2.34. The lowest BCUT2D eigenvalue weighted by atomic mass is 10.1. The summed E-state index contributed by atoms with van der Waals surface area (Å²) in [6.45, 7) is 0. The van der Waals surface area contributed by atoms with Crippen molar-refractivity contribution in [3.05, 3.63) is 33.5 Å². The summed E-state index contributed by atoms with van der Waals surface area (Å²) in [7, 11) is 0. The van der Waals surface area contributed by atoms with Crippen molar-refractivity contribution >= 4 is 50.1 Å². The second-order valence-electron chi connectivity index (χ2n) is 3.97. The van der Waals surface area contributed by atoms with Crippen LogP contribution in [0.2, 0.25) is 5.02 Å². The summed E-state index contributed by atoms with van der Waals surface area (Å²) in [6.07, 6.45) is 0. The zero-order valence-electron chi connectivity index (χ0n) is 9.80. The Morgan fingerprint density at radius 1 is 1.35 bits per heavy atom. The van der Waals surface area contributed by atoms with Crippen LogP contribution in [-0.4, -0.2) is 33.0 Å². The molecule has 0 saturated carbocycles. The monoisotopic (exact) mass is 358 g/mol. The zero-order valence-corrected chi connectivity index (χ0v) is 12.1. The van der Waals surface area contributed by atoms with Crippen molar-refractivity contribution in [3.8, 4) is 5.75 Å². The smallest absolute Gasteiger partial charge is 0.328 e. The predicted molar refractivity (Wildman–Crippen MR) is 76.1 cm³/mol. The van der Waals surface area contributed by atoms with Crippen LogP contribution in [0.5, 0.6) is 5.75 Å². The quantitative estimate of drug-likeness (QED) is 0.438. The summed E-state index contributed by atoms with van der Waals surface area (Å²) in [5, 5.41) is 20.0. The number of aromatic nitrogens is 1. The molecule has 0 fully saturated rings. The number of hydrogen-bond acceptors (Lipinski definition) is 5. The maximum atomic E-state index is 11.9. The van der Waals surface area contributed by atoms with Crippen LogP contribution in [0, 0.1) is 0 Å². The molecule has 2 rings (SSSR count). The number of benzene rings is 1. The van der Waals surface area contributed by atoms with Crippen LogP contribution in [0.4, 0.5) is 0 Å². The minimum atomic E-state index is -1.79. The lowest BCUT2D eigenvalue weighted by Gasteiger charge is -2.10. The number of hydrogen-bond donors (Lipinski definition) is 3. The third kappa shape index (κ3) is 2.47. The number of aromatic hydroxyl groups is 1. The van der Waals surface area contributed by atoms with Gasteiger partial charge in [0.25, 0.3) is 0 Å². The highest BCUT2D eigenvalue weighted by molar-refractivity contribution is 9.10. The van der Waals surface area contributed by atoms with E-state index in [1.165, 1.54) is 6.07 Å². The molecule has 104 valence electrons. The van der Waals surface area contributed by atoms with Crippen LogP contribution in [-0.2, 0) is 4.79 Å². The predicted octanol–water partition coefficient (Wildman–Crippen LogP) is 1.95. The molecule has 6 nitrogen and oxygen atoms in total. The van der Waals surface area contributed by atoms with E-state index in [0.717, 1.165) is 0 Å². The topological polar surface area (TPSA) is 114 Å². The Kier molecular flexibility index (Phi) is 3.94. The van der Waals surface area contributed by atoms with Gasteiger partial charge in [-0.2, -0.15) is 0 Å². The van der Waals surface area contributed by atoms with Crippen molar-refractivity contribution in [1.82, 2.24) is 4.98 Å². The Morgan fingerprint density at radius 2 is 2.00 bits per heavy atom. The number of fused-ring (bicyclic) bond motifs is 1. The summed E-state index contributed by atoms with van der Waals surface area (Å²) in [6, 6.07) is 2.86. The largest absolute Gasteiger partial charge is 0.505 e. The fraction of sp³-hybridized carbons (Fsp3) is 0.0833. The first-order valence-corrected chi connectivity index (χ1v) is 6.50. The summed E-state index contributed by atoms with van der Waals surface area (Å²) in [4.78, 5) is 26.5. The van der Waals surface area contributed by atoms with Crippen molar-refractivity contribution in [3.63, 3.8) is 0 Å². The molecule has 8 heteroatoms. The lowest BCUT2D eigenvalue weighted by Crippen LogP contribution is -2.38. The van der Waals surface area contributed by atoms with Gasteiger partial charge >= 0.3 is 5.97 Å². The number of Topliss-reactive ketones (excluding diaryl/α,β-unsaturated/α-hetero) is 1. The van der Waals surface area contributed by atoms with E-state index < -0.39 is 29.2 Å². The SMILES string of the molecule is NC(C(=O)O)C(=O)c1nc(Br)c2ccc(Cl)cc2c1O. The van der Waals surface area contributed by atoms with Gasteiger partial charge in [0.1, 0.15) is 4.60 Å². The molecule has 0 aliphatic rings. The second-order valence-corrected chi connectivity index (χ2v) is 5.16. The average Bonchev–Trinajstić information content (AvgIpc) is 2.40. The third-order valence-electron chi connectivity index (χ3n) is 2.68. The van der Waals surface area contributed by atoms with E-state index in [1.54, 1.807) is 12.1 Å². The van der Waals surface area contributed by atoms with Gasteiger partial charge in [-0.25, -0.2) is 4.98 Å². The summed E-state index contributed by atoms with van der Waals surface area (Å²) in [5.74, 6) is -2.94. The molecule has 0 spiro atoms. The second kappa shape index (κ2) is 5.35. The van der Waals surface area contributed by atoms with Crippen LogP contribution in [0.15, 0.2) is 22.8 Å². The molecule has 2 aromatic rings. The Bertz CT molecular complexity index is 735. The number of halogens is 2. The Hall–Kier alpha value is -1.70. The van der Waals surface area contributed by atoms with Crippen LogP contribution >= 0.6 is 27.5 Å². The van der Waals surface area contributed by atoms with E-state index in [0.29, 0.717) is 10.4 Å². The molecule has 1 aromatic carbocycles. The number of ketones is 1. The number of aliphatic carboxylic acids is 1. The molecular weight excluding hydrogens is 351 g/mol. The highest BCUT2D eigenvalue weighted by Gasteiger charge is 2.28. The van der Waals surface area contributed by atoms with Crippen LogP contribution in [0.1, 0.15) is 10.5 Å². The van der Waals surface area contributed by atoms with Crippen molar-refractivity contribution in [2.24, 2.45) is 5.73 Å². The van der Waals surface area contributed by atoms with Crippen molar-refractivity contribution < 1.29 is 19.8 Å². The van der Waals surface area contributed by atoms with Gasteiger partial charge in [0.15, 0.2) is 17.5 Å². The normalized spacial score (nSPS) is 12.3. The number of nitrogens with two attached hydrogens (primary N) is 1.